The van der Waals surface area contributed by atoms with E-state index in [1.54, 1.807) is 6.07 Å². The van der Waals surface area contributed by atoms with Crippen molar-refractivity contribution in [3.05, 3.63) is 30.1 Å². The van der Waals surface area contributed by atoms with Crippen LogP contribution in [0.5, 0.6) is 0 Å². The van der Waals surface area contributed by atoms with Crippen LogP contribution in [-0.2, 0) is 0 Å². The van der Waals surface area contributed by atoms with Gasteiger partial charge < -0.3 is 15.1 Å². The summed E-state index contributed by atoms with van der Waals surface area (Å²) in [6.07, 6.45) is 0. The van der Waals surface area contributed by atoms with Crippen LogP contribution < -0.4 is 10.2 Å². The Hall–Kier alpha value is -1.13. The molecule has 1 aliphatic rings. The van der Waals surface area contributed by atoms with Gasteiger partial charge in [-0.3, -0.25) is 0 Å². The standard InChI is InChI=1S/C13H20FN3/c1-16-8-7-15-11(9-16)10-17(2)13-6-4-3-5-12(13)14/h3-6,11,15H,7-10H2,1-2H3. The lowest BCUT2D eigenvalue weighted by molar-refractivity contribution is 0.241. The van der Waals surface area contributed by atoms with E-state index < -0.39 is 0 Å². The first-order valence-corrected chi connectivity index (χ1v) is 6.04. The molecule has 1 atom stereocenters. The molecule has 94 valence electrons. The fourth-order valence-corrected chi connectivity index (χ4v) is 2.30. The van der Waals surface area contributed by atoms with Gasteiger partial charge >= 0.3 is 0 Å². The smallest absolute Gasteiger partial charge is 0.146 e. The van der Waals surface area contributed by atoms with Crippen molar-refractivity contribution in [3.8, 4) is 0 Å². The molecule has 0 saturated carbocycles. The fourth-order valence-electron chi connectivity index (χ4n) is 2.30. The molecular formula is C13H20FN3. The Morgan fingerprint density at radius 2 is 2.24 bits per heavy atom. The van der Waals surface area contributed by atoms with Crippen LogP contribution in [0.1, 0.15) is 0 Å². The van der Waals surface area contributed by atoms with Gasteiger partial charge in [-0.15, -0.1) is 0 Å². The molecule has 0 spiro atoms. The first-order chi connectivity index (χ1) is 8.16. The van der Waals surface area contributed by atoms with Crippen LogP contribution in [0.4, 0.5) is 10.1 Å². The Morgan fingerprint density at radius 3 is 2.94 bits per heavy atom. The highest BCUT2D eigenvalue weighted by molar-refractivity contribution is 5.46. The number of nitrogens with zero attached hydrogens (tertiary/aromatic N) is 2. The molecular weight excluding hydrogens is 217 g/mol. The number of likely N-dealkylation sites (N-methyl/N-ethyl adjacent to an activating group) is 2. The third-order valence-corrected chi connectivity index (χ3v) is 3.22. The Kier molecular flexibility index (Phi) is 3.97. The van der Waals surface area contributed by atoms with Crippen molar-refractivity contribution < 1.29 is 4.39 Å². The summed E-state index contributed by atoms with van der Waals surface area (Å²) in [7, 11) is 4.06. The average molecular weight is 237 g/mol. The summed E-state index contributed by atoms with van der Waals surface area (Å²) in [5.41, 5.74) is 0.669. The summed E-state index contributed by atoms with van der Waals surface area (Å²) in [6, 6.07) is 7.32. The third kappa shape index (κ3) is 3.17. The summed E-state index contributed by atoms with van der Waals surface area (Å²) >= 11 is 0. The van der Waals surface area contributed by atoms with Crippen molar-refractivity contribution in [2.75, 3.05) is 45.2 Å². The monoisotopic (exact) mass is 237 g/mol. The number of hydrogen-bond acceptors (Lipinski definition) is 3. The lowest BCUT2D eigenvalue weighted by Gasteiger charge is -2.34. The summed E-state index contributed by atoms with van der Waals surface area (Å²) in [4.78, 5) is 4.28. The Morgan fingerprint density at radius 1 is 1.47 bits per heavy atom. The number of piperazine rings is 1. The second kappa shape index (κ2) is 5.47. The molecule has 0 bridgehead atoms. The number of benzene rings is 1. The highest BCUT2D eigenvalue weighted by Crippen LogP contribution is 2.17. The first-order valence-electron chi connectivity index (χ1n) is 6.04. The molecule has 1 heterocycles. The van der Waals surface area contributed by atoms with Gasteiger partial charge in [-0.2, -0.15) is 0 Å². The Labute approximate surface area is 102 Å². The molecule has 17 heavy (non-hydrogen) atoms. The summed E-state index contributed by atoms with van der Waals surface area (Å²) in [6.45, 7) is 3.93. The molecule has 0 aromatic heterocycles. The zero-order valence-corrected chi connectivity index (χ0v) is 10.5. The number of para-hydroxylation sites is 1. The van der Waals surface area contributed by atoms with Gasteiger partial charge in [0, 0.05) is 39.3 Å². The maximum Gasteiger partial charge on any atom is 0.146 e. The molecule has 1 saturated heterocycles. The van der Waals surface area contributed by atoms with Crippen LogP contribution >= 0.6 is 0 Å². The molecule has 0 amide bonds. The SMILES string of the molecule is CN1CCNC(CN(C)c2ccccc2F)C1. The predicted octanol–water partition coefficient (Wildman–Crippen LogP) is 1.17. The van der Waals surface area contributed by atoms with E-state index in [9.17, 15) is 4.39 Å². The molecule has 1 unspecified atom stereocenters. The first kappa shape index (κ1) is 12.3. The van der Waals surface area contributed by atoms with E-state index in [0.717, 1.165) is 26.2 Å². The second-order valence-corrected chi connectivity index (χ2v) is 4.75. The van der Waals surface area contributed by atoms with Crippen molar-refractivity contribution in [2.45, 2.75) is 6.04 Å². The highest BCUT2D eigenvalue weighted by atomic mass is 19.1. The van der Waals surface area contributed by atoms with E-state index in [1.807, 2.05) is 24.1 Å². The van der Waals surface area contributed by atoms with Crippen molar-refractivity contribution in [3.63, 3.8) is 0 Å². The van der Waals surface area contributed by atoms with Crippen LogP contribution in [0.15, 0.2) is 24.3 Å². The van der Waals surface area contributed by atoms with Gasteiger partial charge in [0.2, 0.25) is 0 Å². The highest BCUT2D eigenvalue weighted by Gasteiger charge is 2.18. The molecule has 4 heteroatoms. The van der Waals surface area contributed by atoms with Crippen LogP contribution in [0.2, 0.25) is 0 Å². The van der Waals surface area contributed by atoms with Crippen molar-refractivity contribution in [1.29, 1.82) is 0 Å². The predicted molar refractivity (Wildman–Crippen MR) is 69.0 cm³/mol. The summed E-state index contributed by atoms with van der Waals surface area (Å²) in [5, 5.41) is 3.46. The van der Waals surface area contributed by atoms with Crippen LogP contribution in [0, 0.1) is 5.82 Å². The average Bonchev–Trinajstić information content (AvgIpc) is 2.29. The van der Waals surface area contributed by atoms with Gasteiger partial charge in [0.15, 0.2) is 0 Å². The number of nitrogens with one attached hydrogen (secondary N) is 1. The largest absolute Gasteiger partial charge is 0.371 e. The fraction of sp³-hybridized carbons (Fsp3) is 0.538. The third-order valence-electron chi connectivity index (χ3n) is 3.22. The molecule has 0 aliphatic carbocycles. The Bertz CT molecular complexity index is 369. The zero-order chi connectivity index (χ0) is 12.3. The molecule has 1 aromatic carbocycles. The summed E-state index contributed by atoms with van der Waals surface area (Å²) < 4.78 is 13.6. The van der Waals surface area contributed by atoms with Gasteiger partial charge in [-0.1, -0.05) is 12.1 Å². The number of hydrogen-bond donors (Lipinski definition) is 1. The minimum absolute atomic E-state index is 0.154. The summed E-state index contributed by atoms with van der Waals surface area (Å²) in [5.74, 6) is -0.154. The number of rotatable bonds is 3. The normalized spacial score (nSPS) is 21.5. The maximum atomic E-state index is 13.6. The molecule has 0 radical (unpaired) electrons. The molecule has 2 rings (SSSR count). The van der Waals surface area contributed by atoms with Crippen molar-refractivity contribution in [2.24, 2.45) is 0 Å². The lowest BCUT2D eigenvalue weighted by Crippen LogP contribution is -2.53. The molecule has 1 N–H and O–H groups in total. The number of anilines is 1. The minimum Gasteiger partial charge on any atom is -0.371 e. The van der Waals surface area contributed by atoms with E-state index in [2.05, 4.69) is 17.3 Å². The lowest BCUT2D eigenvalue weighted by atomic mass is 10.2. The van der Waals surface area contributed by atoms with E-state index in [0.29, 0.717) is 11.7 Å². The van der Waals surface area contributed by atoms with Crippen LogP contribution in [0.3, 0.4) is 0 Å². The van der Waals surface area contributed by atoms with Gasteiger partial charge in [0.1, 0.15) is 5.82 Å². The second-order valence-electron chi connectivity index (χ2n) is 4.75. The number of halogens is 1. The van der Waals surface area contributed by atoms with E-state index in [4.69, 9.17) is 0 Å². The topological polar surface area (TPSA) is 18.5 Å². The Balaban J connectivity index is 1.97. The van der Waals surface area contributed by atoms with Gasteiger partial charge in [0.25, 0.3) is 0 Å². The van der Waals surface area contributed by atoms with E-state index >= 15 is 0 Å². The van der Waals surface area contributed by atoms with E-state index in [-0.39, 0.29) is 5.82 Å². The van der Waals surface area contributed by atoms with Crippen molar-refractivity contribution >= 4 is 5.69 Å². The van der Waals surface area contributed by atoms with Crippen LogP contribution in [-0.4, -0.2) is 51.2 Å². The molecule has 1 aliphatic heterocycles. The molecule has 1 aromatic rings. The quantitative estimate of drug-likeness (QED) is 0.851. The van der Waals surface area contributed by atoms with Crippen molar-refractivity contribution in [1.82, 2.24) is 10.2 Å². The molecule has 1 fully saturated rings. The van der Waals surface area contributed by atoms with Gasteiger partial charge in [-0.25, -0.2) is 4.39 Å². The van der Waals surface area contributed by atoms with E-state index in [1.165, 1.54) is 6.07 Å². The maximum absolute atomic E-state index is 13.6. The zero-order valence-electron chi connectivity index (χ0n) is 10.5. The molecule has 3 nitrogen and oxygen atoms in total. The van der Waals surface area contributed by atoms with Gasteiger partial charge in [0.05, 0.1) is 5.69 Å². The van der Waals surface area contributed by atoms with Gasteiger partial charge in [-0.05, 0) is 19.2 Å². The minimum atomic E-state index is -0.154. The van der Waals surface area contributed by atoms with Crippen LogP contribution in [0.25, 0.3) is 0 Å².